The van der Waals surface area contributed by atoms with Crippen LogP contribution in [-0.2, 0) is 11.3 Å². The van der Waals surface area contributed by atoms with Gasteiger partial charge in [-0.2, -0.15) is 11.3 Å². The lowest BCUT2D eigenvalue weighted by atomic mass is 10.2. The average Bonchev–Trinajstić information content (AvgIpc) is 3.01. The smallest absolute Gasteiger partial charge is 0.0898 e. The highest BCUT2D eigenvalue weighted by Gasteiger charge is 2.09. The molecule has 21 heavy (non-hydrogen) atoms. The Kier molecular flexibility index (Phi) is 6.67. The summed E-state index contributed by atoms with van der Waals surface area (Å²) in [4.78, 5) is 0. The molecule has 1 aromatic carbocycles. The molecule has 0 aliphatic rings. The molecule has 0 fully saturated rings. The summed E-state index contributed by atoms with van der Waals surface area (Å²) in [5.74, 6) is 0. The molecule has 2 aromatic rings. The van der Waals surface area contributed by atoms with Crippen molar-refractivity contribution in [3.05, 3.63) is 57.2 Å². The number of hydrogen-bond acceptors (Lipinski definition) is 4. The molecule has 0 saturated carbocycles. The summed E-state index contributed by atoms with van der Waals surface area (Å²) in [6, 6.07) is 9.88. The van der Waals surface area contributed by atoms with Crippen LogP contribution in [0.4, 0.5) is 0 Å². The quantitative estimate of drug-likeness (QED) is 0.778. The highest BCUT2D eigenvalue weighted by Crippen LogP contribution is 2.16. The van der Waals surface area contributed by atoms with Gasteiger partial charge >= 0.3 is 0 Å². The van der Waals surface area contributed by atoms with Crippen LogP contribution >= 0.6 is 22.9 Å². The number of hydrogen-bond donors (Lipinski definition) is 2. The first-order valence-corrected chi connectivity index (χ1v) is 8.23. The highest BCUT2D eigenvalue weighted by molar-refractivity contribution is 7.07. The summed E-state index contributed by atoms with van der Waals surface area (Å²) in [5.41, 5.74) is 2.18. The zero-order valence-electron chi connectivity index (χ0n) is 12.0. The molecule has 1 aromatic heterocycles. The van der Waals surface area contributed by atoms with Crippen LogP contribution in [-0.4, -0.2) is 24.4 Å². The third-order valence-electron chi connectivity index (χ3n) is 3.23. The van der Waals surface area contributed by atoms with Gasteiger partial charge in [-0.1, -0.05) is 29.8 Å². The number of aliphatic hydroxyl groups excluding tert-OH is 1. The molecule has 3 nitrogen and oxygen atoms in total. The van der Waals surface area contributed by atoms with Crippen LogP contribution in [0.25, 0.3) is 0 Å². The Bertz CT molecular complexity index is 533. The van der Waals surface area contributed by atoms with E-state index in [1.165, 1.54) is 5.56 Å². The molecular formula is C16H20ClNO2S. The minimum Gasteiger partial charge on any atom is -0.389 e. The van der Waals surface area contributed by atoms with E-state index in [4.69, 9.17) is 16.3 Å². The van der Waals surface area contributed by atoms with Gasteiger partial charge in [0.1, 0.15) is 0 Å². The Balaban J connectivity index is 1.66. The second-order valence-electron chi connectivity index (χ2n) is 4.95. The molecule has 0 spiro atoms. The predicted octanol–water partition coefficient (Wildman–Crippen LogP) is 3.63. The molecule has 0 saturated heterocycles. The van der Waals surface area contributed by atoms with Crippen LogP contribution in [0.2, 0.25) is 5.02 Å². The van der Waals surface area contributed by atoms with E-state index < -0.39 is 6.10 Å². The Morgan fingerprint density at radius 1 is 1.33 bits per heavy atom. The lowest BCUT2D eigenvalue weighted by Gasteiger charge is -2.16. The van der Waals surface area contributed by atoms with Gasteiger partial charge in [0.2, 0.25) is 0 Å². The second kappa shape index (κ2) is 8.51. The number of nitrogens with one attached hydrogen (secondary N) is 1. The van der Waals surface area contributed by atoms with Crippen molar-refractivity contribution in [1.29, 1.82) is 0 Å². The van der Waals surface area contributed by atoms with Crippen molar-refractivity contribution in [2.75, 3.05) is 13.2 Å². The molecule has 2 unspecified atom stereocenters. The fraction of sp³-hybridized carbons (Fsp3) is 0.375. The number of rotatable bonds is 8. The molecule has 5 heteroatoms. The number of benzene rings is 1. The number of ether oxygens (including phenoxy) is 1. The van der Waals surface area contributed by atoms with E-state index in [1.807, 2.05) is 24.3 Å². The molecule has 0 bridgehead atoms. The first-order chi connectivity index (χ1) is 10.2. The highest BCUT2D eigenvalue weighted by atomic mass is 35.5. The van der Waals surface area contributed by atoms with E-state index in [2.05, 4.69) is 29.1 Å². The molecule has 1 heterocycles. The van der Waals surface area contributed by atoms with Gasteiger partial charge in [-0.15, -0.1) is 0 Å². The van der Waals surface area contributed by atoms with E-state index in [0.29, 0.717) is 18.2 Å². The second-order valence-corrected chi connectivity index (χ2v) is 6.13. The standard InChI is InChI=1S/C16H20ClNO2S/c1-12(14-6-7-21-11-14)18-8-15(19)10-20-9-13-4-2-3-5-16(13)17/h2-7,11-12,15,18-19H,8-10H2,1H3. The monoisotopic (exact) mass is 325 g/mol. The Morgan fingerprint density at radius 3 is 2.86 bits per heavy atom. The maximum absolute atomic E-state index is 9.93. The summed E-state index contributed by atoms with van der Waals surface area (Å²) >= 11 is 7.72. The third kappa shape index (κ3) is 5.41. The van der Waals surface area contributed by atoms with Gasteiger partial charge in [-0.05, 0) is 40.9 Å². The Labute approximate surface area is 134 Å². The molecule has 0 aliphatic heterocycles. The normalized spacial score (nSPS) is 14.0. The largest absolute Gasteiger partial charge is 0.389 e. The van der Waals surface area contributed by atoms with E-state index >= 15 is 0 Å². The molecule has 2 N–H and O–H groups in total. The molecule has 2 rings (SSSR count). The van der Waals surface area contributed by atoms with Crippen molar-refractivity contribution in [3.8, 4) is 0 Å². The summed E-state index contributed by atoms with van der Waals surface area (Å²) < 4.78 is 5.51. The van der Waals surface area contributed by atoms with Crippen molar-refractivity contribution in [2.24, 2.45) is 0 Å². The van der Waals surface area contributed by atoms with Crippen molar-refractivity contribution < 1.29 is 9.84 Å². The van der Waals surface area contributed by atoms with E-state index in [0.717, 1.165) is 5.56 Å². The lowest BCUT2D eigenvalue weighted by molar-refractivity contribution is 0.0278. The van der Waals surface area contributed by atoms with Gasteiger partial charge in [-0.3, -0.25) is 0 Å². The van der Waals surface area contributed by atoms with E-state index in [1.54, 1.807) is 11.3 Å². The molecular weight excluding hydrogens is 306 g/mol. The molecule has 0 radical (unpaired) electrons. The lowest BCUT2D eigenvalue weighted by Crippen LogP contribution is -2.32. The fourth-order valence-corrected chi connectivity index (χ4v) is 2.88. The first-order valence-electron chi connectivity index (χ1n) is 6.91. The van der Waals surface area contributed by atoms with E-state index in [-0.39, 0.29) is 12.6 Å². The van der Waals surface area contributed by atoms with E-state index in [9.17, 15) is 5.11 Å². The van der Waals surface area contributed by atoms with Gasteiger partial charge in [0.15, 0.2) is 0 Å². The van der Waals surface area contributed by atoms with Gasteiger partial charge in [-0.25, -0.2) is 0 Å². The summed E-state index contributed by atoms with van der Waals surface area (Å²) in [6.07, 6.45) is -0.534. The van der Waals surface area contributed by atoms with Gasteiger partial charge in [0, 0.05) is 17.6 Å². The van der Waals surface area contributed by atoms with Crippen LogP contribution in [0.1, 0.15) is 24.1 Å². The minimum absolute atomic E-state index is 0.231. The zero-order chi connectivity index (χ0) is 15.1. The maximum atomic E-state index is 9.93. The summed E-state index contributed by atoms with van der Waals surface area (Å²) in [7, 11) is 0. The van der Waals surface area contributed by atoms with Crippen LogP contribution < -0.4 is 5.32 Å². The minimum atomic E-state index is -0.534. The summed E-state index contributed by atoms with van der Waals surface area (Å²) in [5, 5.41) is 18.1. The van der Waals surface area contributed by atoms with Crippen molar-refractivity contribution in [1.82, 2.24) is 5.32 Å². The Morgan fingerprint density at radius 2 is 2.14 bits per heavy atom. The van der Waals surface area contributed by atoms with Crippen molar-refractivity contribution in [3.63, 3.8) is 0 Å². The Hall–Kier alpha value is -0.910. The van der Waals surface area contributed by atoms with Crippen LogP contribution in [0.5, 0.6) is 0 Å². The van der Waals surface area contributed by atoms with Gasteiger partial charge < -0.3 is 15.2 Å². The SMILES string of the molecule is CC(NCC(O)COCc1ccccc1Cl)c1ccsc1. The average molecular weight is 326 g/mol. The molecule has 0 amide bonds. The number of aliphatic hydroxyl groups is 1. The number of thiophene rings is 1. The zero-order valence-corrected chi connectivity index (χ0v) is 13.5. The van der Waals surface area contributed by atoms with Gasteiger partial charge in [0.25, 0.3) is 0 Å². The van der Waals surface area contributed by atoms with Crippen LogP contribution in [0, 0.1) is 0 Å². The number of halogens is 1. The summed E-state index contributed by atoms with van der Waals surface area (Å²) in [6.45, 7) is 3.28. The predicted molar refractivity (Wildman–Crippen MR) is 87.9 cm³/mol. The first kappa shape index (κ1) is 16.5. The molecule has 0 aliphatic carbocycles. The van der Waals surface area contributed by atoms with Crippen LogP contribution in [0.15, 0.2) is 41.1 Å². The van der Waals surface area contributed by atoms with Crippen LogP contribution in [0.3, 0.4) is 0 Å². The van der Waals surface area contributed by atoms with Crippen molar-refractivity contribution >= 4 is 22.9 Å². The molecule has 2 atom stereocenters. The third-order valence-corrected chi connectivity index (χ3v) is 4.30. The fourth-order valence-electron chi connectivity index (χ4n) is 1.93. The molecule has 114 valence electrons. The maximum Gasteiger partial charge on any atom is 0.0898 e. The van der Waals surface area contributed by atoms with Crippen molar-refractivity contribution in [2.45, 2.75) is 25.7 Å². The van der Waals surface area contributed by atoms with Gasteiger partial charge in [0.05, 0.1) is 19.3 Å². The topological polar surface area (TPSA) is 41.5 Å².